The number of carbonyl (C=O) groups excluding carboxylic acids is 9. The molecule has 1 aliphatic heterocycles. The number of benzene rings is 4. The molecule has 6 aromatic rings. The molecule has 0 spiro atoms. The van der Waals surface area contributed by atoms with Gasteiger partial charge in [0.15, 0.2) is 5.96 Å². The molecule has 0 aliphatic carbocycles. The lowest BCUT2D eigenvalue weighted by Gasteiger charge is -2.30. The number of aromatic nitrogens is 2. The number of nitrogens with zero attached hydrogens (tertiary/aromatic N) is 2. The highest BCUT2D eigenvalue weighted by molar-refractivity contribution is 5.99. The summed E-state index contributed by atoms with van der Waals surface area (Å²) in [4.78, 5) is 152. The minimum atomic E-state index is -1.77. The van der Waals surface area contributed by atoms with Crippen molar-refractivity contribution >= 4 is 87.1 Å². The first-order valence-corrected chi connectivity index (χ1v) is 31.7. The van der Waals surface area contributed by atoms with Crippen LogP contribution in [-0.2, 0) is 73.8 Å². The molecule has 95 heavy (non-hydrogen) atoms. The molecule has 7 rings (SSSR count). The number of aliphatic hydroxyl groups is 1. The van der Waals surface area contributed by atoms with Gasteiger partial charge < -0.3 is 88.9 Å². The Labute approximate surface area is 548 Å². The van der Waals surface area contributed by atoms with Crippen LogP contribution in [0.5, 0.6) is 5.75 Å². The van der Waals surface area contributed by atoms with Crippen LogP contribution in [-0.4, -0.2) is 170 Å². The van der Waals surface area contributed by atoms with E-state index in [2.05, 4.69) is 57.5 Å². The van der Waals surface area contributed by atoms with E-state index in [0.717, 1.165) is 10.9 Å². The lowest BCUT2D eigenvalue weighted by Crippen LogP contribution is -2.61. The second-order valence-electron chi connectivity index (χ2n) is 24.0. The van der Waals surface area contributed by atoms with Crippen molar-refractivity contribution in [1.29, 1.82) is 0 Å². The first-order valence-electron chi connectivity index (χ1n) is 31.7. The van der Waals surface area contributed by atoms with Crippen molar-refractivity contribution in [3.63, 3.8) is 0 Å². The lowest BCUT2D eigenvalue weighted by atomic mass is 9.97. The van der Waals surface area contributed by atoms with Crippen LogP contribution >= 0.6 is 0 Å². The number of fused-ring (bicyclic) bond motifs is 2. The van der Waals surface area contributed by atoms with Gasteiger partial charge in [-0.05, 0) is 90.5 Å². The third-order valence-electron chi connectivity index (χ3n) is 16.4. The Kier molecular flexibility index (Phi) is 26.5. The van der Waals surface area contributed by atoms with Gasteiger partial charge in [-0.2, -0.15) is 0 Å². The summed E-state index contributed by atoms with van der Waals surface area (Å²) in [5, 5.41) is 53.1. The van der Waals surface area contributed by atoms with Crippen molar-refractivity contribution in [1.82, 2.24) is 57.4 Å². The molecule has 9 amide bonds. The van der Waals surface area contributed by atoms with Gasteiger partial charge in [0.2, 0.25) is 47.3 Å². The Morgan fingerprint density at radius 1 is 0.632 bits per heavy atom. The standard InChI is InChI=1S/C67H86N14O14/c1-5-39(4)57(80-67(94)95-37-41-15-7-6-8-16-41)64(92)78-53(32-43-34-72-48-20-12-10-18-46(43)48)61(89)79-54(36-82)62(90)76-51(30-40-23-25-44(83)26-24-40)59(87)77-52(31-42-33-71-47-19-11-9-17-45(42)47)60(88)75-50(29-38(2)3)58(86)74-49(21-13-27-70-66(68)69)65(93)81-28-14-22-55(81)63(91)73-35-56(84)85/h6-12,15-20,23-26,33-34,38-39,49-55,57,71-72,82-83H,5,13-14,21-22,27-32,35-37H2,1-4H3,(H,73,91)(H,74,86)(H,75,88)(H,76,90)(H,77,87)(H,78,92)(H,79,89)(H,80,94)(H,84,85)(H4,68,69,70)/t39-,49-,50-,51-,52+,53-,54-,55-,57-/m0/s1. The number of alkyl carbamates (subject to hydrolysis) is 1. The molecule has 28 nitrogen and oxygen atoms in total. The summed E-state index contributed by atoms with van der Waals surface area (Å²) in [5.74, 6) is -8.98. The third-order valence-corrected chi connectivity index (χ3v) is 16.4. The number of guanidine groups is 1. The fraction of sp³-hybridized carbons (Fsp3) is 0.418. The number of carboxylic acid groups (broad SMARTS) is 1. The van der Waals surface area contributed by atoms with Crippen molar-refractivity contribution in [2.45, 2.75) is 140 Å². The van der Waals surface area contributed by atoms with Crippen molar-refractivity contribution in [3.8, 4) is 5.75 Å². The average molecular weight is 1310 g/mol. The summed E-state index contributed by atoms with van der Waals surface area (Å²) >= 11 is 0. The van der Waals surface area contributed by atoms with E-state index in [4.69, 9.17) is 16.2 Å². The number of rotatable bonds is 34. The second kappa shape index (κ2) is 35.0. The van der Waals surface area contributed by atoms with Gasteiger partial charge in [-0.15, -0.1) is 0 Å². The Hall–Kier alpha value is -10.5. The fourth-order valence-corrected chi connectivity index (χ4v) is 11.2. The maximum absolute atomic E-state index is 15.1. The first-order chi connectivity index (χ1) is 45.5. The topological polar surface area (TPSA) is 436 Å². The molecule has 0 radical (unpaired) electrons. The molecule has 3 heterocycles. The number of carbonyl (C=O) groups is 10. The molecule has 9 atom stereocenters. The SMILES string of the molecule is CC[C@H](C)[C@H](NC(=O)OCc1ccccc1)C(=O)N[C@@H](Cc1c[nH]c2ccccc12)C(=O)N[C@@H](CO)C(=O)N[C@@H](Cc1ccc(O)cc1)C(=O)N[C@H](Cc1c[nH]c2ccccc12)C(=O)N[C@@H](CC(C)C)C(=O)N[C@@H](CCCN=C(N)N)C(=O)N1CCC[C@H]1C(=O)NCC(=O)O. The largest absolute Gasteiger partial charge is 0.508 e. The minimum Gasteiger partial charge on any atom is -0.508 e. The molecule has 0 unspecified atom stereocenters. The van der Waals surface area contributed by atoms with Crippen LogP contribution in [0.3, 0.4) is 0 Å². The van der Waals surface area contributed by atoms with Crippen LogP contribution in [0.4, 0.5) is 4.79 Å². The number of phenolic OH excluding ortho intramolecular Hbond substituents is 1. The predicted octanol–water partition coefficient (Wildman–Crippen LogP) is 1.92. The Morgan fingerprint density at radius 2 is 1.15 bits per heavy atom. The number of aromatic hydroxyl groups is 1. The number of para-hydroxylation sites is 2. The zero-order chi connectivity index (χ0) is 68.7. The zero-order valence-corrected chi connectivity index (χ0v) is 53.5. The van der Waals surface area contributed by atoms with Crippen molar-refractivity contribution < 1.29 is 68.0 Å². The smallest absolute Gasteiger partial charge is 0.408 e. The van der Waals surface area contributed by atoms with Gasteiger partial charge >= 0.3 is 12.1 Å². The van der Waals surface area contributed by atoms with Gasteiger partial charge in [0.1, 0.15) is 67.2 Å². The molecule has 1 saturated heterocycles. The number of aliphatic hydroxyl groups excluding tert-OH is 1. The molecule has 17 N–H and O–H groups in total. The zero-order valence-electron chi connectivity index (χ0n) is 53.5. The number of carboxylic acids is 1. The van der Waals surface area contributed by atoms with E-state index < -0.39 is 127 Å². The van der Waals surface area contributed by atoms with E-state index in [9.17, 15) is 53.7 Å². The lowest BCUT2D eigenvalue weighted by molar-refractivity contribution is -0.143. The highest BCUT2D eigenvalue weighted by Gasteiger charge is 2.40. The van der Waals surface area contributed by atoms with Gasteiger partial charge in [0, 0.05) is 66.6 Å². The molecular formula is C67H86N14O14. The van der Waals surface area contributed by atoms with E-state index >= 15 is 9.59 Å². The van der Waals surface area contributed by atoms with Gasteiger partial charge in [-0.25, -0.2) is 4.79 Å². The molecule has 4 aromatic carbocycles. The first kappa shape index (κ1) is 71.9. The van der Waals surface area contributed by atoms with Gasteiger partial charge in [-0.1, -0.05) is 113 Å². The minimum absolute atomic E-state index is 0.0173. The molecule has 508 valence electrons. The van der Waals surface area contributed by atoms with E-state index in [-0.39, 0.29) is 82.3 Å². The molecule has 1 fully saturated rings. The van der Waals surface area contributed by atoms with Gasteiger partial charge in [-0.3, -0.25) is 48.1 Å². The highest BCUT2D eigenvalue weighted by Crippen LogP contribution is 2.24. The molecule has 28 heteroatoms. The quantitative estimate of drug-likeness (QED) is 0.0156. The predicted molar refractivity (Wildman–Crippen MR) is 352 cm³/mol. The van der Waals surface area contributed by atoms with E-state index in [1.54, 1.807) is 81.7 Å². The summed E-state index contributed by atoms with van der Waals surface area (Å²) in [5.41, 5.74) is 14.8. The number of H-pyrrole nitrogens is 2. The van der Waals surface area contributed by atoms with Crippen LogP contribution in [0.25, 0.3) is 21.8 Å². The van der Waals surface area contributed by atoms with Crippen LogP contribution in [0.1, 0.15) is 88.5 Å². The number of ether oxygens (including phenoxy) is 1. The number of nitrogens with two attached hydrogens (primary N) is 2. The monoisotopic (exact) mass is 1310 g/mol. The van der Waals surface area contributed by atoms with Gasteiger partial charge in [0.25, 0.3) is 0 Å². The second-order valence-corrected chi connectivity index (χ2v) is 24.0. The summed E-state index contributed by atoms with van der Waals surface area (Å²) in [7, 11) is 0. The fourth-order valence-electron chi connectivity index (χ4n) is 11.2. The number of aliphatic carboxylic acids is 1. The number of aliphatic imine (C=N–C) groups is 1. The summed E-state index contributed by atoms with van der Waals surface area (Å²) in [6, 6.07) is 17.9. The Balaban J connectivity index is 1.15. The number of hydrogen-bond acceptors (Lipinski definition) is 14. The van der Waals surface area contributed by atoms with Crippen molar-refractivity contribution in [2.75, 3.05) is 26.2 Å². The van der Waals surface area contributed by atoms with Crippen molar-refractivity contribution in [3.05, 3.63) is 138 Å². The Bertz CT molecular complexity index is 3670. The number of nitrogens with one attached hydrogen (secondary N) is 10. The van der Waals surface area contributed by atoms with E-state index in [0.29, 0.717) is 46.0 Å². The normalized spacial score (nSPS) is 15.3. The summed E-state index contributed by atoms with van der Waals surface area (Å²) in [6.45, 7) is 5.57. The van der Waals surface area contributed by atoms with Crippen LogP contribution < -0.4 is 54.0 Å². The molecule has 0 saturated carbocycles. The average Bonchev–Trinajstić information content (AvgIpc) is 1.76. The van der Waals surface area contributed by atoms with Gasteiger partial charge in [0.05, 0.1) is 6.61 Å². The molecule has 2 aromatic heterocycles. The number of likely N-dealkylation sites (tertiary alicyclic amines) is 1. The molecule has 0 bridgehead atoms. The molecule has 1 aliphatic rings. The summed E-state index contributed by atoms with van der Waals surface area (Å²) < 4.78 is 5.45. The maximum Gasteiger partial charge on any atom is 0.408 e. The summed E-state index contributed by atoms with van der Waals surface area (Å²) in [6.07, 6.45) is 3.06. The third kappa shape index (κ3) is 21.0. The number of aromatic amines is 2. The number of amides is 9. The van der Waals surface area contributed by atoms with Crippen molar-refractivity contribution in [2.24, 2.45) is 28.3 Å². The maximum atomic E-state index is 15.1. The number of hydrogen-bond donors (Lipinski definition) is 15. The Morgan fingerprint density at radius 3 is 1.71 bits per heavy atom. The van der Waals surface area contributed by atoms with E-state index in [1.165, 1.54) is 29.2 Å². The van der Waals surface area contributed by atoms with Crippen LogP contribution in [0.2, 0.25) is 0 Å². The van der Waals surface area contributed by atoms with Crippen LogP contribution in [0.15, 0.2) is 121 Å². The van der Waals surface area contributed by atoms with Crippen LogP contribution in [0, 0.1) is 11.8 Å². The van der Waals surface area contributed by atoms with E-state index in [1.807, 2.05) is 37.3 Å². The number of phenols is 1. The molecular weight excluding hydrogens is 1220 g/mol. The highest BCUT2D eigenvalue weighted by atomic mass is 16.5.